The predicted molar refractivity (Wildman–Crippen MR) is 144 cm³/mol. The van der Waals surface area contributed by atoms with Crippen molar-refractivity contribution >= 4 is 77.6 Å². The zero-order valence-electron chi connectivity index (χ0n) is 20.1. The van der Waals surface area contributed by atoms with Crippen LogP contribution in [0.3, 0.4) is 0 Å². The zero-order chi connectivity index (χ0) is 24.0. The third-order valence-electron chi connectivity index (χ3n) is 7.32. The molecular formula is C28H25BiN5O+. The number of nitrogens with zero attached hydrogens (tertiary/aromatic N) is 5. The summed E-state index contributed by atoms with van der Waals surface area (Å²) in [6.07, 6.45) is 2.23. The molecule has 0 spiro atoms. The SMILES string of the molecule is COc1ccc2c(c1C)n(-c1cc3c4ccccc4n(C)c3c[n+]1C)c1nc3[c]([BiH2])cccc3n21. The fourth-order valence-electron chi connectivity index (χ4n) is 5.62. The van der Waals surface area contributed by atoms with Crippen LogP contribution in [0.5, 0.6) is 5.75 Å². The molecule has 6 nitrogen and oxygen atoms in total. The summed E-state index contributed by atoms with van der Waals surface area (Å²) in [6.45, 7) is 2.13. The van der Waals surface area contributed by atoms with E-state index in [2.05, 4.69) is 106 Å². The number of pyridine rings is 1. The molecule has 0 atom stereocenters. The summed E-state index contributed by atoms with van der Waals surface area (Å²) in [5.41, 5.74) is 8.04. The maximum absolute atomic E-state index is 5.74. The van der Waals surface area contributed by atoms with E-state index in [0.29, 0.717) is 24.7 Å². The molecule has 0 unspecified atom stereocenters. The quantitative estimate of drug-likeness (QED) is 0.212. The van der Waals surface area contributed by atoms with Gasteiger partial charge in [0.05, 0.1) is 0 Å². The van der Waals surface area contributed by atoms with Gasteiger partial charge in [0.2, 0.25) is 0 Å². The number of aromatic nitrogens is 5. The van der Waals surface area contributed by atoms with Gasteiger partial charge in [0, 0.05) is 0 Å². The van der Waals surface area contributed by atoms with Crippen LogP contribution in [-0.2, 0) is 14.1 Å². The molecule has 0 saturated carbocycles. The molecule has 0 amide bonds. The summed E-state index contributed by atoms with van der Waals surface area (Å²) in [5, 5.41) is 2.49. The molecule has 0 radical (unpaired) electrons. The van der Waals surface area contributed by atoms with Crippen molar-refractivity contribution in [3.05, 3.63) is 72.4 Å². The number of imidazole rings is 2. The topological polar surface area (TPSA) is 40.3 Å². The van der Waals surface area contributed by atoms with Gasteiger partial charge in [-0.3, -0.25) is 0 Å². The molecule has 0 aliphatic carbocycles. The second-order valence-corrected chi connectivity index (χ2v) is 11.6. The van der Waals surface area contributed by atoms with Crippen molar-refractivity contribution in [3.8, 4) is 11.6 Å². The monoisotopic (exact) mass is 656 g/mol. The number of ether oxygens (including phenoxy) is 1. The molecule has 7 rings (SSSR count). The van der Waals surface area contributed by atoms with E-state index in [4.69, 9.17) is 9.72 Å². The van der Waals surface area contributed by atoms with Gasteiger partial charge in [-0.15, -0.1) is 0 Å². The van der Waals surface area contributed by atoms with Gasteiger partial charge in [0.1, 0.15) is 0 Å². The number of fused-ring (bicyclic) bond motifs is 8. The van der Waals surface area contributed by atoms with Gasteiger partial charge >= 0.3 is 218 Å². The predicted octanol–water partition coefficient (Wildman–Crippen LogP) is 3.48. The number of hydrogen-bond donors (Lipinski definition) is 0. The Morgan fingerprint density at radius 3 is 2.54 bits per heavy atom. The first-order valence-corrected chi connectivity index (χ1v) is 13.9. The third-order valence-corrected chi connectivity index (χ3v) is 9.13. The summed E-state index contributed by atoms with van der Waals surface area (Å²) in [6, 6.07) is 21.6. The minimum absolute atomic E-state index is 0.716. The standard InChI is InChI=1S/C28H23N5O.Bi.2H/c1-17-25(34-4)14-13-23-27(17)33(28-29-20-10-6-8-12-22(20)32(23)28)26-15-19-18-9-5-7-11-21(18)31(3)24(19)16-30(26)2;;;/h5-9,11-16H,1-4H3;;;/q+1;;;. The van der Waals surface area contributed by atoms with Crippen molar-refractivity contribution in [2.45, 2.75) is 6.92 Å². The summed E-state index contributed by atoms with van der Waals surface area (Å²) in [7, 11) is 5.99. The number of aryl methyl sites for hydroxylation is 3. The molecular weight excluding hydrogens is 631 g/mol. The molecule has 0 aliphatic rings. The molecule has 7 aromatic rings. The molecule has 172 valence electrons. The van der Waals surface area contributed by atoms with E-state index in [1.807, 2.05) is 0 Å². The van der Waals surface area contributed by atoms with Gasteiger partial charge in [0.15, 0.2) is 0 Å². The van der Waals surface area contributed by atoms with Crippen molar-refractivity contribution in [3.63, 3.8) is 0 Å². The van der Waals surface area contributed by atoms with Crippen LogP contribution in [0.25, 0.3) is 55.5 Å². The van der Waals surface area contributed by atoms with E-state index in [9.17, 15) is 0 Å². The fraction of sp³-hybridized carbons (Fsp3) is 0.143. The van der Waals surface area contributed by atoms with Gasteiger partial charge < -0.3 is 0 Å². The van der Waals surface area contributed by atoms with Crippen LogP contribution in [0.4, 0.5) is 0 Å². The summed E-state index contributed by atoms with van der Waals surface area (Å²) in [5.74, 6) is 2.87. The Labute approximate surface area is 216 Å². The zero-order valence-corrected chi connectivity index (χ0v) is 24.6. The van der Waals surface area contributed by atoms with Crippen LogP contribution in [-0.4, -0.2) is 50.3 Å². The molecule has 0 fully saturated rings. The van der Waals surface area contributed by atoms with Crippen molar-refractivity contribution in [1.82, 2.24) is 18.5 Å². The van der Waals surface area contributed by atoms with Crippen molar-refractivity contribution < 1.29 is 9.30 Å². The second-order valence-electron chi connectivity index (χ2n) is 9.18. The first-order valence-electron chi connectivity index (χ1n) is 11.6. The Kier molecular flexibility index (Phi) is 4.35. The fourth-order valence-corrected chi connectivity index (χ4v) is 6.88. The van der Waals surface area contributed by atoms with Gasteiger partial charge in [-0.1, -0.05) is 0 Å². The number of benzene rings is 3. The molecule has 35 heavy (non-hydrogen) atoms. The second kappa shape index (κ2) is 7.28. The van der Waals surface area contributed by atoms with Gasteiger partial charge in [-0.25, -0.2) is 0 Å². The van der Waals surface area contributed by atoms with Crippen LogP contribution in [0, 0.1) is 6.92 Å². The Balaban J connectivity index is 1.71. The Hall–Kier alpha value is -3.44. The van der Waals surface area contributed by atoms with Crippen molar-refractivity contribution in [2.75, 3.05) is 7.11 Å². The molecule has 0 bridgehead atoms. The average Bonchev–Trinajstić information content (AvgIpc) is 3.48. The van der Waals surface area contributed by atoms with E-state index in [0.717, 1.165) is 45.0 Å². The van der Waals surface area contributed by atoms with Crippen LogP contribution in [0.1, 0.15) is 5.56 Å². The Bertz CT molecular complexity index is 1990. The van der Waals surface area contributed by atoms with Gasteiger partial charge in [-0.05, 0) is 0 Å². The average molecular weight is 657 g/mol. The molecule has 0 saturated heterocycles. The Morgan fingerprint density at radius 2 is 1.71 bits per heavy atom. The van der Waals surface area contributed by atoms with E-state index < -0.39 is 0 Å². The first kappa shape index (κ1) is 20.9. The summed E-state index contributed by atoms with van der Waals surface area (Å²) < 4.78 is 16.2. The summed E-state index contributed by atoms with van der Waals surface area (Å²) in [4.78, 5) is 5.22. The van der Waals surface area contributed by atoms with Gasteiger partial charge in [0.25, 0.3) is 0 Å². The number of para-hydroxylation sites is 2. The van der Waals surface area contributed by atoms with E-state index in [-0.39, 0.29) is 0 Å². The van der Waals surface area contributed by atoms with E-state index >= 15 is 0 Å². The van der Waals surface area contributed by atoms with Crippen LogP contribution in [0.2, 0.25) is 0 Å². The minimum atomic E-state index is 0.716. The normalized spacial score (nSPS) is 12.1. The maximum atomic E-state index is 5.74. The molecule has 0 N–H and O–H groups in total. The Morgan fingerprint density at radius 1 is 0.914 bits per heavy atom. The van der Waals surface area contributed by atoms with Crippen LogP contribution < -0.4 is 12.6 Å². The van der Waals surface area contributed by atoms with E-state index in [1.54, 1.807) is 7.11 Å². The van der Waals surface area contributed by atoms with Crippen molar-refractivity contribution in [1.29, 1.82) is 0 Å². The molecule has 4 heterocycles. The summed E-state index contributed by atoms with van der Waals surface area (Å²) >= 11 is 0.716. The molecule has 0 aliphatic heterocycles. The number of rotatable bonds is 2. The third kappa shape index (κ3) is 2.67. The number of methoxy groups -OCH3 is 1. The van der Waals surface area contributed by atoms with Crippen LogP contribution >= 0.6 is 0 Å². The molecule has 4 aromatic heterocycles. The molecule has 7 heteroatoms. The van der Waals surface area contributed by atoms with E-state index in [1.165, 1.54) is 25.1 Å². The van der Waals surface area contributed by atoms with Crippen molar-refractivity contribution in [2.24, 2.45) is 14.1 Å². The first-order chi connectivity index (χ1) is 17.0. The molecule has 3 aromatic carbocycles. The van der Waals surface area contributed by atoms with Gasteiger partial charge in [-0.2, -0.15) is 0 Å². The van der Waals surface area contributed by atoms with Crippen LogP contribution in [0.15, 0.2) is 66.9 Å². The number of hydrogen-bond acceptors (Lipinski definition) is 2.